The predicted molar refractivity (Wildman–Crippen MR) is 84.1 cm³/mol. The molecular formula is C17H17F3N2. The molecular weight excluding hydrogens is 289 g/mol. The van der Waals surface area contributed by atoms with E-state index in [2.05, 4.69) is 4.99 Å². The summed E-state index contributed by atoms with van der Waals surface area (Å²) in [6.07, 6.45) is -4.31. The van der Waals surface area contributed by atoms with E-state index in [0.29, 0.717) is 11.3 Å². The average molecular weight is 306 g/mol. The van der Waals surface area contributed by atoms with Crippen LogP contribution in [0.3, 0.4) is 0 Å². The van der Waals surface area contributed by atoms with Crippen LogP contribution in [-0.4, -0.2) is 19.8 Å². The molecule has 0 saturated heterocycles. The van der Waals surface area contributed by atoms with Crippen molar-refractivity contribution in [2.75, 3.05) is 19.0 Å². The Hall–Kier alpha value is -2.30. The summed E-state index contributed by atoms with van der Waals surface area (Å²) in [6, 6.07) is 12.7. The van der Waals surface area contributed by atoms with Gasteiger partial charge in [0.05, 0.1) is 11.3 Å². The second-order valence-electron chi connectivity index (χ2n) is 5.18. The van der Waals surface area contributed by atoms with Crippen molar-refractivity contribution in [2.24, 2.45) is 4.99 Å². The first-order chi connectivity index (χ1) is 10.3. The Kier molecular flexibility index (Phi) is 4.54. The summed E-state index contributed by atoms with van der Waals surface area (Å²) in [5.41, 5.74) is 2.52. The van der Waals surface area contributed by atoms with Gasteiger partial charge >= 0.3 is 6.18 Å². The number of aliphatic imine (C=N–C) groups is 1. The van der Waals surface area contributed by atoms with Crippen molar-refractivity contribution in [1.29, 1.82) is 0 Å². The maximum absolute atomic E-state index is 12.5. The highest BCUT2D eigenvalue weighted by Gasteiger charge is 2.29. The predicted octanol–water partition coefficient (Wildman–Crippen LogP) is 4.91. The zero-order valence-corrected chi connectivity index (χ0v) is 12.6. The number of nitrogens with zero attached hydrogens (tertiary/aromatic N) is 2. The fourth-order valence-corrected chi connectivity index (χ4v) is 1.98. The van der Waals surface area contributed by atoms with Crippen LogP contribution in [0.2, 0.25) is 0 Å². The molecule has 0 aliphatic carbocycles. The summed E-state index contributed by atoms with van der Waals surface area (Å²) in [5.74, 6) is 0. The van der Waals surface area contributed by atoms with Gasteiger partial charge in [-0.25, -0.2) is 0 Å². The third kappa shape index (κ3) is 3.87. The minimum absolute atomic E-state index is 0.653. The van der Waals surface area contributed by atoms with Crippen molar-refractivity contribution in [3.05, 3.63) is 59.7 Å². The van der Waals surface area contributed by atoms with Crippen LogP contribution < -0.4 is 4.90 Å². The van der Waals surface area contributed by atoms with Gasteiger partial charge in [-0.2, -0.15) is 13.2 Å². The molecule has 5 heteroatoms. The molecule has 0 atom stereocenters. The lowest BCUT2D eigenvalue weighted by atomic mass is 10.1. The van der Waals surface area contributed by atoms with Gasteiger partial charge in [-0.05, 0) is 48.9 Å². The van der Waals surface area contributed by atoms with Crippen molar-refractivity contribution >= 4 is 17.1 Å². The van der Waals surface area contributed by atoms with E-state index in [1.165, 1.54) is 12.1 Å². The molecule has 0 fully saturated rings. The van der Waals surface area contributed by atoms with Crippen molar-refractivity contribution in [3.8, 4) is 0 Å². The van der Waals surface area contributed by atoms with E-state index in [9.17, 15) is 13.2 Å². The Labute approximate surface area is 127 Å². The molecule has 2 aromatic carbocycles. The van der Waals surface area contributed by atoms with E-state index in [1.54, 1.807) is 6.92 Å². The Morgan fingerprint density at radius 3 is 1.91 bits per heavy atom. The zero-order valence-electron chi connectivity index (χ0n) is 12.6. The summed E-state index contributed by atoms with van der Waals surface area (Å²) in [5, 5.41) is 0. The summed E-state index contributed by atoms with van der Waals surface area (Å²) in [6.45, 7) is 1.78. The van der Waals surface area contributed by atoms with Gasteiger partial charge in [0.25, 0.3) is 0 Å². The monoisotopic (exact) mass is 306 g/mol. The summed E-state index contributed by atoms with van der Waals surface area (Å²) in [7, 11) is 3.90. The normalized spacial score (nSPS) is 12.4. The van der Waals surface area contributed by atoms with Gasteiger partial charge in [0.1, 0.15) is 0 Å². The molecule has 116 valence electrons. The Morgan fingerprint density at radius 2 is 1.45 bits per heavy atom. The molecule has 0 aliphatic rings. The number of hydrogen-bond acceptors (Lipinski definition) is 2. The van der Waals surface area contributed by atoms with Crippen LogP contribution in [0.25, 0.3) is 0 Å². The minimum Gasteiger partial charge on any atom is -0.378 e. The van der Waals surface area contributed by atoms with E-state index in [4.69, 9.17) is 0 Å². The first kappa shape index (κ1) is 16.1. The first-order valence-electron chi connectivity index (χ1n) is 6.77. The number of hydrogen-bond donors (Lipinski definition) is 0. The van der Waals surface area contributed by atoms with Gasteiger partial charge < -0.3 is 4.90 Å². The van der Waals surface area contributed by atoms with Crippen molar-refractivity contribution < 1.29 is 13.2 Å². The van der Waals surface area contributed by atoms with Crippen molar-refractivity contribution in [3.63, 3.8) is 0 Å². The summed E-state index contributed by atoms with van der Waals surface area (Å²) in [4.78, 5) is 6.42. The SMILES string of the molecule is CC(=Nc1ccc(N(C)C)cc1)c1ccc(C(F)(F)F)cc1. The Balaban J connectivity index is 2.21. The molecule has 0 unspecified atom stereocenters. The third-order valence-corrected chi connectivity index (χ3v) is 3.29. The van der Waals surface area contributed by atoms with Crippen molar-refractivity contribution in [1.82, 2.24) is 0 Å². The molecule has 2 nitrogen and oxygen atoms in total. The van der Waals surface area contributed by atoms with Crippen LogP contribution in [0.1, 0.15) is 18.1 Å². The number of anilines is 1. The molecule has 0 heterocycles. The highest BCUT2D eigenvalue weighted by atomic mass is 19.4. The molecule has 0 aliphatic heterocycles. The van der Waals surface area contributed by atoms with Crippen LogP contribution in [0.4, 0.5) is 24.5 Å². The minimum atomic E-state index is -4.31. The van der Waals surface area contributed by atoms with Crippen LogP contribution in [-0.2, 0) is 6.18 Å². The lowest BCUT2D eigenvalue weighted by Crippen LogP contribution is -2.07. The van der Waals surface area contributed by atoms with Crippen LogP contribution in [0.5, 0.6) is 0 Å². The molecule has 0 aromatic heterocycles. The number of halogens is 3. The van der Waals surface area contributed by atoms with Crippen LogP contribution >= 0.6 is 0 Å². The third-order valence-electron chi connectivity index (χ3n) is 3.29. The maximum atomic E-state index is 12.5. The lowest BCUT2D eigenvalue weighted by molar-refractivity contribution is -0.137. The Bertz CT molecular complexity index is 654. The van der Waals surface area contributed by atoms with Gasteiger partial charge in [-0.15, -0.1) is 0 Å². The lowest BCUT2D eigenvalue weighted by Gasteiger charge is -2.12. The van der Waals surface area contributed by atoms with Crippen molar-refractivity contribution in [2.45, 2.75) is 13.1 Å². The van der Waals surface area contributed by atoms with Gasteiger partial charge in [0, 0.05) is 25.5 Å². The number of benzene rings is 2. The molecule has 0 radical (unpaired) electrons. The molecule has 22 heavy (non-hydrogen) atoms. The van der Waals surface area contributed by atoms with Crippen LogP contribution in [0, 0.1) is 0 Å². The van der Waals surface area contributed by atoms with Gasteiger partial charge in [0.2, 0.25) is 0 Å². The van der Waals surface area contributed by atoms with E-state index in [1.807, 2.05) is 43.3 Å². The first-order valence-corrected chi connectivity index (χ1v) is 6.77. The second-order valence-corrected chi connectivity index (χ2v) is 5.18. The van der Waals surface area contributed by atoms with Gasteiger partial charge in [-0.1, -0.05) is 12.1 Å². The van der Waals surface area contributed by atoms with E-state index in [0.717, 1.165) is 23.5 Å². The number of rotatable bonds is 3. The summed E-state index contributed by atoms with van der Waals surface area (Å²) < 4.78 is 37.6. The maximum Gasteiger partial charge on any atom is 0.416 e. The quantitative estimate of drug-likeness (QED) is 0.735. The average Bonchev–Trinajstić information content (AvgIpc) is 2.47. The Morgan fingerprint density at radius 1 is 0.909 bits per heavy atom. The molecule has 2 rings (SSSR count). The molecule has 0 amide bonds. The molecule has 0 bridgehead atoms. The van der Waals surface area contributed by atoms with E-state index < -0.39 is 11.7 Å². The fraction of sp³-hybridized carbons (Fsp3) is 0.235. The van der Waals surface area contributed by atoms with Crippen LogP contribution in [0.15, 0.2) is 53.5 Å². The fourth-order valence-electron chi connectivity index (χ4n) is 1.98. The van der Waals surface area contributed by atoms with Gasteiger partial charge in [-0.3, -0.25) is 4.99 Å². The molecule has 2 aromatic rings. The highest BCUT2D eigenvalue weighted by molar-refractivity contribution is 6.00. The zero-order chi connectivity index (χ0) is 16.3. The topological polar surface area (TPSA) is 15.6 Å². The van der Waals surface area contributed by atoms with E-state index >= 15 is 0 Å². The smallest absolute Gasteiger partial charge is 0.378 e. The van der Waals surface area contributed by atoms with Gasteiger partial charge in [0.15, 0.2) is 0 Å². The highest BCUT2D eigenvalue weighted by Crippen LogP contribution is 2.29. The molecule has 0 saturated carbocycles. The largest absolute Gasteiger partial charge is 0.416 e. The van der Waals surface area contributed by atoms with E-state index in [-0.39, 0.29) is 0 Å². The standard InChI is InChI=1S/C17H17F3N2/c1-12(13-4-6-14(7-5-13)17(18,19)20)21-15-8-10-16(11-9-15)22(2)3/h4-11H,1-3H3. The summed E-state index contributed by atoms with van der Waals surface area (Å²) >= 11 is 0. The second kappa shape index (κ2) is 6.22. The number of alkyl halides is 3. The molecule has 0 spiro atoms. The molecule has 0 N–H and O–H groups in total.